The molecule has 2 amide bonds. The molecule has 1 fully saturated rings. The van der Waals surface area contributed by atoms with E-state index in [-0.39, 0.29) is 17.7 Å². The minimum Gasteiger partial charge on any atom is -0.326 e. The Morgan fingerprint density at radius 3 is 2.33 bits per heavy atom. The highest BCUT2D eigenvalue weighted by Gasteiger charge is 2.25. The van der Waals surface area contributed by atoms with Crippen LogP contribution in [0.25, 0.3) is 0 Å². The number of aryl methyl sites for hydroxylation is 1. The second kappa shape index (κ2) is 8.82. The van der Waals surface area contributed by atoms with Gasteiger partial charge in [0.05, 0.1) is 0 Å². The van der Waals surface area contributed by atoms with E-state index in [1.165, 1.54) is 18.1 Å². The lowest BCUT2D eigenvalue weighted by molar-refractivity contribution is -0.121. The number of rotatable bonds is 5. The Morgan fingerprint density at radius 2 is 1.67 bits per heavy atom. The molecular formula is C22H27N3O2. The van der Waals surface area contributed by atoms with E-state index in [0.29, 0.717) is 11.4 Å². The zero-order valence-corrected chi connectivity index (χ0v) is 16.0. The molecular weight excluding hydrogens is 338 g/mol. The number of anilines is 2. The molecule has 0 bridgehead atoms. The molecule has 0 radical (unpaired) electrons. The van der Waals surface area contributed by atoms with Crippen molar-refractivity contribution in [2.75, 3.05) is 23.7 Å². The van der Waals surface area contributed by atoms with Gasteiger partial charge in [-0.2, -0.15) is 0 Å². The van der Waals surface area contributed by atoms with Crippen molar-refractivity contribution in [1.29, 1.82) is 0 Å². The van der Waals surface area contributed by atoms with Gasteiger partial charge in [0.2, 0.25) is 11.8 Å². The van der Waals surface area contributed by atoms with Gasteiger partial charge >= 0.3 is 0 Å². The van der Waals surface area contributed by atoms with Crippen molar-refractivity contribution in [3.63, 3.8) is 0 Å². The van der Waals surface area contributed by atoms with Gasteiger partial charge in [-0.25, -0.2) is 0 Å². The van der Waals surface area contributed by atoms with Crippen LogP contribution in [0.5, 0.6) is 0 Å². The fourth-order valence-corrected chi connectivity index (χ4v) is 3.54. The molecule has 0 atom stereocenters. The van der Waals surface area contributed by atoms with E-state index in [0.717, 1.165) is 32.5 Å². The zero-order valence-electron chi connectivity index (χ0n) is 16.0. The van der Waals surface area contributed by atoms with Crippen molar-refractivity contribution in [2.45, 2.75) is 33.2 Å². The molecule has 0 aromatic heterocycles. The van der Waals surface area contributed by atoms with Crippen LogP contribution in [-0.2, 0) is 16.1 Å². The Balaban J connectivity index is 1.50. The Morgan fingerprint density at radius 1 is 1.00 bits per heavy atom. The normalized spacial score (nSPS) is 15.3. The Labute approximate surface area is 160 Å². The third-order valence-electron chi connectivity index (χ3n) is 4.90. The fourth-order valence-electron chi connectivity index (χ4n) is 3.54. The number of carbonyl (C=O) groups is 2. The first-order valence-corrected chi connectivity index (χ1v) is 9.46. The summed E-state index contributed by atoms with van der Waals surface area (Å²) in [4.78, 5) is 26.2. The average Bonchev–Trinajstić information content (AvgIpc) is 2.62. The van der Waals surface area contributed by atoms with Crippen molar-refractivity contribution in [3.8, 4) is 0 Å². The number of likely N-dealkylation sites (tertiary alicyclic amines) is 1. The standard InChI is InChI=1S/C22H27N3O2/c1-16-5-3-6-18(13-16)15-25-11-9-19(10-12-25)22(27)24-21-8-4-7-20(14-21)23-17(2)26/h3-8,13-14,19H,9-12,15H2,1-2H3,(H,23,26)(H,24,27). The second-order valence-electron chi connectivity index (χ2n) is 7.29. The fraction of sp³-hybridized carbons (Fsp3) is 0.364. The molecule has 27 heavy (non-hydrogen) atoms. The molecule has 3 rings (SSSR count). The Kier molecular flexibility index (Phi) is 6.24. The average molecular weight is 365 g/mol. The Bertz CT molecular complexity index is 811. The van der Waals surface area contributed by atoms with Crippen molar-refractivity contribution >= 4 is 23.2 Å². The molecule has 2 aromatic rings. The van der Waals surface area contributed by atoms with Gasteiger partial charge in [0.15, 0.2) is 0 Å². The third-order valence-corrected chi connectivity index (χ3v) is 4.90. The van der Waals surface area contributed by atoms with Crippen LogP contribution in [0.4, 0.5) is 11.4 Å². The molecule has 5 heteroatoms. The smallest absolute Gasteiger partial charge is 0.227 e. The van der Waals surface area contributed by atoms with Crippen LogP contribution in [0.2, 0.25) is 0 Å². The maximum atomic E-state index is 12.6. The van der Waals surface area contributed by atoms with Crippen LogP contribution in [-0.4, -0.2) is 29.8 Å². The quantitative estimate of drug-likeness (QED) is 0.847. The predicted molar refractivity (Wildman–Crippen MR) is 109 cm³/mol. The third kappa shape index (κ3) is 5.66. The molecule has 1 heterocycles. The predicted octanol–water partition coefficient (Wildman–Crippen LogP) is 3.80. The molecule has 5 nitrogen and oxygen atoms in total. The lowest BCUT2D eigenvalue weighted by Gasteiger charge is -2.31. The lowest BCUT2D eigenvalue weighted by atomic mass is 9.95. The second-order valence-corrected chi connectivity index (χ2v) is 7.29. The topological polar surface area (TPSA) is 61.4 Å². The molecule has 0 saturated carbocycles. The van der Waals surface area contributed by atoms with E-state index in [1.54, 1.807) is 12.1 Å². The molecule has 1 aliphatic heterocycles. The molecule has 1 saturated heterocycles. The highest BCUT2D eigenvalue weighted by Crippen LogP contribution is 2.22. The summed E-state index contributed by atoms with van der Waals surface area (Å²) in [6, 6.07) is 15.9. The van der Waals surface area contributed by atoms with Crippen LogP contribution in [0.3, 0.4) is 0 Å². The summed E-state index contributed by atoms with van der Waals surface area (Å²) in [5, 5.41) is 5.72. The van der Waals surface area contributed by atoms with E-state index < -0.39 is 0 Å². The van der Waals surface area contributed by atoms with E-state index in [4.69, 9.17) is 0 Å². The number of piperidine rings is 1. The van der Waals surface area contributed by atoms with Gasteiger partial charge in [-0.1, -0.05) is 35.9 Å². The largest absolute Gasteiger partial charge is 0.326 e. The minimum absolute atomic E-state index is 0.0307. The first kappa shape index (κ1) is 19.1. The van der Waals surface area contributed by atoms with Crippen LogP contribution in [0, 0.1) is 12.8 Å². The summed E-state index contributed by atoms with van der Waals surface area (Å²) in [5.41, 5.74) is 4.01. The van der Waals surface area contributed by atoms with Gasteiger partial charge in [-0.15, -0.1) is 0 Å². The number of nitrogens with one attached hydrogen (secondary N) is 2. The molecule has 142 valence electrons. The summed E-state index contributed by atoms with van der Waals surface area (Å²) in [5.74, 6) is -0.0344. The summed E-state index contributed by atoms with van der Waals surface area (Å²) in [7, 11) is 0. The Hall–Kier alpha value is -2.66. The molecule has 0 aliphatic carbocycles. The lowest BCUT2D eigenvalue weighted by Crippen LogP contribution is -2.37. The number of carbonyl (C=O) groups excluding carboxylic acids is 2. The van der Waals surface area contributed by atoms with Crippen molar-refractivity contribution in [3.05, 3.63) is 59.7 Å². The molecule has 2 N–H and O–H groups in total. The van der Waals surface area contributed by atoms with Crippen LogP contribution >= 0.6 is 0 Å². The number of hydrogen-bond donors (Lipinski definition) is 2. The van der Waals surface area contributed by atoms with Gasteiger partial charge in [0.25, 0.3) is 0 Å². The van der Waals surface area contributed by atoms with Gasteiger partial charge < -0.3 is 10.6 Å². The van der Waals surface area contributed by atoms with Gasteiger partial charge in [-0.05, 0) is 56.6 Å². The molecule has 1 aliphatic rings. The first-order valence-electron chi connectivity index (χ1n) is 9.46. The van der Waals surface area contributed by atoms with Gasteiger partial charge in [0, 0.05) is 30.8 Å². The summed E-state index contributed by atoms with van der Waals surface area (Å²) in [6.45, 7) is 6.38. The summed E-state index contributed by atoms with van der Waals surface area (Å²) < 4.78 is 0. The van der Waals surface area contributed by atoms with Crippen LogP contribution in [0.1, 0.15) is 30.9 Å². The number of nitrogens with zero attached hydrogens (tertiary/aromatic N) is 1. The monoisotopic (exact) mass is 365 g/mol. The van der Waals surface area contributed by atoms with E-state index in [9.17, 15) is 9.59 Å². The van der Waals surface area contributed by atoms with Gasteiger partial charge in [-0.3, -0.25) is 14.5 Å². The van der Waals surface area contributed by atoms with E-state index in [2.05, 4.69) is 46.7 Å². The van der Waals surface area contributed by atoms with Crippen LogP contribution in [0.15, 0.2) is 48.5 Å². The zero-order chi connectivity index (χ0) is 19.2. The highest BCUT2D eigenvalue weighted by atomic mass is 16.2. The van der Waals surface area contributed by atoms with Crippen molar-refractivity contribution in [2.24, 2.45) is 5.92 Å². The highest BCUT2D eigenvalue weighted by molar-refractivity contribution is 5.94. The number of amides is 2. The van der Waals surface area contributed by atoms with Crippen LogP contribution < -0.4 is 10.6 Å². The molecule has 0 spiro atoms. The summed E-state index contributed by atoms with van der Waals surface area (Å²) in [6.07, 6.45) is 1.73. The number of benzene rings is 2. The maximum Gasteiger partial charge on any atom is 0.227 e. The SMILES string of the molecule is CC(=O)Nc1cccc(NC(=O)C2CCN(Cc3cccc(C)c3)CC2)c1. The van der Waals surface area contributed by atoms with E-state index >= 15 is 0 Å². The molecule has 0 unspecified atom stereocenters. The van der Waals surface area contributed by atoms with E-state index in [1.807, 2.05) is 12.1 Å². The minimum atomic E-state index is -0.126. The molecule has 2 aromatic carbocycles. The van der Waals surface area contributed by atoms with Gasteiger partial charge in [0.1, 0.15) is 0 Å². The number of hydrogen-bond acceptors (Lipinski definition) is 3. The maximum absolute atomic E-state index is 12.6. The summed E-state index contributed by atoms with van der Waals surface area (Å²) >= 11 is 0. The first-order chi connectivity index (χ1) is 13.0. The van der Waals surface area contributed by atoms with Crippen molar-refractivity contribution < 1.29 is 9.59 Å². The van der Waals surface area contributed by atoms with Crippen molar-refractivity contribution in [1.82, 2.24) is 4.90 Å².